The molecule has 0 spiro atoms. The van der Waals surface area contributed by atoms with Crippen LogP contribution >= 0.6 is 23.2 Å². The van der Waals surface area contributed by atoms with Crippen molar-refractivity contribution in [3.05, 3.63) is 103 Å². The fourth-order valence-corrected chi connectivity index (χ4v) is 8.81. The summed E-state index contributed by atoms with van der Waals surface area (Å²) in [6.07, 6.45) is 9.93. The van der Waals surface area contributed by atoms with Crippen LogP contribution in [0.4, 0.5) is 0 Å². The van der Waals surface area contributed by atoms with E-state index in [0.29, 0.717) is 59.9 Å². The molecule has 14 heteroatoms. The van der Waals surface area contributed by atoms with E-state index in [9.17, 15) is 19.2 Å². The highest BCUT2D eigenvalue weighted by atomic mass is 35.5. The zero-order valence-corrected chi connectivity index (χ0v) is 30.7. The van der Waals surface area contributed by atoms with Crippen LogP contribution in [-0.2, 0) is 22.7 Å². The van der Waals surface area contributed by atoms with Gasteiger partial charge in [-0.3, -0.25) is 28.3 Å². The van der Waals surface area contributed by atoms with Crippen LogP contribution in [-0.4, -0.2) is 52.3 Å². The summed E-state index contributed by atoms with van der Waals surface area (Å²) in [5.41, 5.74) is 4.98. The Kier molecular flexibility index (Phi) is 7.85. The maximum Gasteiger partial charge on any atom is 0.277 e. The number of fused-ring (bicyclic) bond motifs is 2. The van der Waals surface area contributed by atoms with Gasteiger partial charge in [0.05, 0.1) is 10.0 Å². The number of carbonyl (C=O) groups excluding carboxylic acids is 2. The van der Waals surface area contributed by atoms with Crippen LogP contribution in [0.25, 0.3) is 44.4 Å². The number of benzene rings is 2. The molecule has 2 aliphatic carbocycles. The molecule has 54 heavy (non-hydrogen) atoms. The van der Waals surface area contributed by atoms with Crippen LogP contribution in [0.2, 0.25) is 10.0 Å². The summed E-state index contributed by atoms with van der Waals surface area (Å²) < 4.78 is 6.80. The van der Waals surface area contributed by atoms with Gasteiger partial charge in [0.1, 0.15) is 22.7 Å². The van der Waals surface area contributed by atoms with Crippen LogP contribution in [0.3, 0.4) is 0 Å². The number of hydrogen-bond donors (Lipinski definition) is 2. The molecule has 2 saturated carbocycles. The van der Waals surface area contributed by atoms with Crippen molar-refractivity contribution in [3.8, 4) is 33.4 Å². The lowest BCUT2D eigenvalue weighted by Gasteiger charge is -2.16. The molecule has 2 aromatic carbocycles. The first-order valence-electron chi connectivity index (χ1n) is 18.6. The first kappa shape index (κ1) is 33.4. The minimum Gasteiger partial charge on any atom is -0.352 e. The van der Waals surface area contributed by atoms with E-state index in [-0.39, 0.29) is 46.9 Å². The van der Waals surface area contributed by atoms with Gasteiger partial charge >= 0.3 is 0 Å². The van der Waals surface area contributed by atoms with Crippen LogP contribution in [0.5, 0.6) is 0 Å². The summed E-state index contributed by atoms with van der Waals surface area (Å²) in [5.74, 6) is 1.97. The summed E-state index contributed by atoms with van der Waals surface area (Å²) in [7, 11) is 0. The molecule has 4 fully saturated rings. The molecule has 0 radical (unpaired) electrons. The molecule has 2 amide bonds. The smallest absolute Gasteiger partial charge is 0.277 e. The van der Waals surface area contributed by atoms with E-state index in [2.05, 4.69) is 10.6 Å². The molecule has 2 saturated heterocycles. The van der Waals surface area contributed by atoms with Crippen LogP contribution in [0.1, 0.15) is 74.9 Å². The summed E-state index contributed by atoms with van der Waals surface area (Å²) in [4.78, 5) is 51.6. The van der Waals surface area contributed by atoms with Crippen molar-refractivity contribution >= 4 is 46.0 Å². The predicted octanol–water partition coefficient (Wildman–Crippen LogP) is 5.93. The van der Waals surface area contributed by atoms with E-state index in [1.54, 1.807) is 18.2 Å². The van der Waals surface area contributed by atoms with Crippen molar-refractivity contribution in [2.75, 3.05) is 0 Å². The molecule has 0 unspecified atom stereocenters. The monoisotopic (exact) mass is 762 g/mol. The second-order valence-electron chi connectivity index (χ2n) is 15.2. The van der Waals surface area contributed by atoms with Gasteiger partial charge in [0.15, 0.2) is 0 Å². The van der Waals surface area contributed by atoms with Crippen molar-refractivity contribution < 1.29 is 9.59 Å². The Morgan fingerprint density at radius 2 is 1.00 bits per heavy atom. The Labute approximate surface area is 318 Å². The molecule has 10 rings (SSSR count). The summed E-state index contributed by atoms with van der Waals surface area (Å²) in [5, 5.41) is 16.7. The Morgan fingerprint density at radius 1 is 0.593 bits per heavy atom. The van der Waals surface area contributed by atoms with E-state index in [0.717, 1.165) is 70.7 Å². The number of carbonyl (C=O) groups is 2. The Bertz CT molecular complexity index is 2500. The molecule has 2 atom stereocenters. The largest absolute Gasteiger partial charge is 0.352 e. The van der Waals surface area contributed by atoms with Crippen molar-refractivity contribution in [2.24, 2.45) is 0 Å². The predicted molar refractivity (Wildman–Crippen MR) is 205 cm³/mol. The molecule has 2 aliphatic heterocycles. The van der Waals surface area contributed by atoms with Gasteiger partial charge in [-0.15, -0.1) is 0 Å². The number of aromatic nitrogens is 6. The van der Waals surface area contributed by atoms with Crippen molar-refractivity contribution in [2.45, 2.75) is 88.4 Å². The van der Waals surface area contributed by atoms with Gasteiger partial charge < -0.3 is 10.6 Å². The molecule has 6 heterocycles. The quantitative estimate of drug-likeness (QED) is 0.188. The third-order valence-electron chi connectivity index (χ3n) is 11.3. The molecule has 4 aliphatic rings. The highest BCUT2D eigenvalue weighted by Gasteiger charge is 2.33. The highest BCUT2D eigenvalue weighted by Crippen LogP contribution is 2.44. The third-order valence-corrected chi connectivity index (χ3v) is 12.1. The minimum absolute atomic E-state index is 0.0132. The lowest BCUT2D eigenvalue weighted by molar-refractivity contribution is -0.120. The van der Waals surface area contributed by atoms with E-state index in [1.165, 1.54) is 0 Å². The summed E-state index contributed by atoms with van der Waals surface area (Å²) in [6, 6.07) is 14.9. The average molecular weight is 764 g/mol. The minimum atomic E-state index is -0.141. The Balaban J connectivity index is 1.01. The average Bonchev–Trinajstić information content (AvgIpc) is 4.01. The molecule has 0 bridgehead atoms. The molecule has 274 valence electrons. The SMILES string of the molecule is O=C1CC[C@@H](Cn2c(C3CC3)nn3cc(-c4cccc(-c5cccc(-c6cc7c(=O)n(C[C@@H]8CCC(=O)N8)c(C8CC8)nn7c6)c5Cl)c4Cl)cc3c2=O)N1. The molecular formula is C40H36Cl2N8O4. The number of rotatable bonds is 9. The second-order valence-corrected chi connectivity index (χ2v) is 15.9. The lowest BCUT2D eigenvalue weighted by Crippen LogP contribution is -2.36. The molecule has 2 N–H and O–H groups in total. The number of amides is 2. The number of nitrogens with zero attached hydrogens (tertiary/aromatic N) is 6. The van der Waals surface area contributed by atoms with Gasteiger partial charge in [0.2, 0.25) is 11.8 Å². The fourth-order valence-electron chi connectivity index (χ4n) is 8.13. The molecule has 12 nitrogen and oxygen atoms in total. The van der Waals surface area contributed by atoms with E-state index in [4.69, 9.17) is 33.4 Å². The highest BCUT2D eigenvalue weighted by molar-refractivity contribution is 6.39. The Morgan fingerprint density at radius 3 is 1.37 bits per heavy atom. The zero-order chi connectivity index (χ0) is 36.8. The van der Waals surface area contributed by atoms with Gasteiger partial charge in [-0.1, -0.05) is 59.6 Å². The van der Waals surface area contributed by atoms with E-state index in [1.807, 2.05) is 60.9 Å². The van der Waals surface area contributed by atoms with Crippen LogP contribution in [0, 0.1) is 0 Å². The fraction of sp³-hybridized carbons (Fsp3) is 0.350. The second kappa shape index (κ2) is 12.7. The number of nitrogens with one attached hydrogen (secondary N) is 2. The van der Waals surface area contributed by atoms with Gasteiger partial charge in [-0.2, -0.15) is 10.2 Å². The van der Waals surface area contributed by atoms with Crippen LogP contribution < -0.4 is 21.8 Å². The maximum absolute atomic E-state index is 13.9. The molecule has 6 aromatic rings. The van der Waals surface area contributed by atoms with E-state index >= 15 is 0 Å². The van der Waals surface area contributed by atoms with Crippen molar-refractivity contribution in [3.63, 3.8) is 0 Å². The van der Waals surface area contributed by atoms with Gasteiger partial charge in [0.25, 0.3) is 11.1 Å². The standard InChI is InChI=1S/C40H36Cl2N8O4/c41-35-27(23-15-31-39(53)47(19-25-11-13-33(51)43-25)37(21-7-8-21)45-49(31)17-23)3-1-5-29(35)30-6-2-4-28(36(30)42)24-16-32-40(54)48(20-26-12-14-34(52)44-26)38(22-9-10-22)46-50(32)18-24/h1-6,15-18,21-22,25-26H,7-14,19-20H2,(H,43,51)(H,44,52)/t25-,26-/m0/s1. The van der Waals surface area contributed by atoms with Crippen molar-refractivity contribution in [1.82, 2.24) is 39.0 Å². The summed E-state index contributed by atoms with van der Waals surface area (Å²) >= 11 is 14.4. The maximum atomic E-state index is 13.9. The molecule has 4 aromatic heterocycles. The van der Waals surface area contributed by atoms with Gasteiger partial charge in [-0.25, -0.2) is 9.03 Å². The van der Waals surface area contributed by atoms with Gasteiger partial charge in [-0.05, 0) is 50.7 Å². The van der Waals surface area contributed by atoms with Crippen molar-refractivity contribution in [1.29, 1.82) is 0 Å². The molecular weight excluding hydrogens is 727 g/mol. The Hall–Kier alpha value is -5.20. The first-order valence-corrected chi connectivity index (χ1v) is 19.4. The van der Waals surface area contributed by atoms with E-state index < -0.39 is 0 Å². The zero-order valence-electron chi connectivity index (χ0n) is 29.2. The van der Waals surface area contributed by atoms with Gasteiger partial charge in [0, 0.05) is 95.6 Å². The van der Waals surface area contributed by atoms with Crippen LogP contribution in [0.15, 0.2) is 70.5 Å². The third kappa shape index (κ3) is 5.74. The summed E-state index contributed by atoms with van der Waals surface area (Å²) in [6.45, 7) is 0.799. The lowest BCUT2D eigenvalue weighted by atomic mass is 9.97. The first-order chi connectivity index (χ1) is 26.2. The number of halogens is 2. The normalized spacial score (nSPS) is 20.0. The topological polar surface area (TPSA) is 137 Å². The number of hydrogen-bond acceptors (Lipinski definition) is 6.